The van der Waals surface area contributed by atoms with E-state index in [-0.39, 0.29) is 39.9 Å². The van der Waals surface area contributed by atoms with Crippen molar-refractivity contribution in [2.45, 2.75) is 23.3 Å². The van der Waals surface area contributed by atoms with E-state index in [1.54, 1.807) is 18.2 Å². The molecule has 5 rings (SSSR count). The zero-order chi connectivity index (χ0) is 24.7. The van der Waals surface area contributed by atoms with Gasteiger partial charge in [0.05, 0.1) is 23.0 Å². The first-order chi connectivity index (χ1) is 16.8. The van der Waals surface area contributed by atoms with Gasteiger partial charge in [-0.15, -0.1) is 0 Å². The molecule has 8 nitrogen and oxygen atoms in total. The number of benzene rings is 3. The van der Waals surface area contributed by atoms with Crippen LogP contribution in [0, 0.1) is 21.8 Å². The maximum absolute atomic E-state index is 13.2. The van der Waals surface area contributed by atoms with Crippen molar-refractivity contribution in [3.05, 3.63) is 99.9 Å². The lowest BCUT2D eigenvalue weighted by Gasteiger charge is -2.37. The average molecular weight is 496 g/mol. The Labute approximate surface area is 201 Å². The SMILES string of the molecule is COc1ccc([C@H]2Nc3ccc(S(=O)(=O)Nc4ccc(F)cc4)cc3[C@H]3C=CC[C@H]32)cc1[N+](=O)[O-]. The van der Waals surface area contributed by atoms with E-state index in [4.69, 9.17) is 4.74 Å². The summed E-state index contributed by atoms with van der Waals surface area (Å²) in [4.78, 5) is 11.2. The van der Waals surface area contributed by atoms with Crippen LogP contribution in [-0.2, 0) is 10.0 Å². The normalized spacial score (nSPS) is 20.5. The zero-order valence-electron chi connectivity index (χ0n) is 18.6. The van der Waals surface area contributed by atoms with Gasteiger partial charge in [-0.1, -0.05) is 18.2 Å². The lowest BCUT2D eigenvalue weighted by atomic mass is 9.77. The fraction of sp³-hybridized carbons (Fsp3) is 0.200. The van der Waals surface area contributed by atoms with Crippen LogP contribution in [0.5, 0.6) is 5.75 Å². The Bertz CT molecular complexity index is 1440. The van der Waals surface area contributed by atoms with E-state index in [9.17, 15) is 22.9 Å². The molecule has 3 aromatic rings. The number of nitro groups is 1. The highest BCUT2D eigenvalue weighted by Gasteiger charge is 2.39. The van der Waals surface area contributed by atoms with Crippen LogP contribution in [0.3, 0.4) is 0 Å². The third-order valence-electron chi connectivity index (χ3n) is 6.50. The summed E-state index contributed by atoms with van der Waals surface area (Å²) in [6.07, 6.45) is 4.85. The number of allylic oxidation sites excluding steroid dienone is 2. The highest BCUT2D eigenvalue weighted by atomic mass is 32.2. The van der Waals surface area contributed by atoms with Crippen LogP contribution in [0.2, 0.25) is 0 Å². The first kappa shape index (κ1) is 22.9. The van der Waals surface area contributed by atoms with Crippen LogP contribution in [0.4, 0.5) is 21.5 Å². The quantitative estimate of drug-likeness (QED) is 0.270. The van der Waals surface area contributed by atoms with Crippen molar-refractivity contribution in [1.82, 2.24) is 0 Å². The topological polar surface area (TPSA) is 111 Å². The molecule has 0 amide bonds. The second-order valence-electron chi connectivity index (χ2n) is 8.53. The molecule has 0 aromatic heterocycles. The van der Waals surface area contributed by atoms with E-state index in [2.05, 4.69) is 22.2 Å². The van der Waals surface area contributed by atoms with Gasteiger partial charge >= 0.3 is 5.69 Å². The summed E-state index contributed by atoms with van der Waals surface area (Å²) in [5.74, 6) is -0.264. The molecule has 0 spiro atoms. The molecule has 180 valence electrons. The largest absolute Gasteiger partial charge is 0.490 e. The number of anilines is 2. The maximum atomic E-state index is 13.2. The Hall–Kier alpha value is -3.92. The number of hydrogen-bond acceptors (Lipinski definition) is 6. The van der Waals surface area contributed by atoms with Crippen molar-refractivity contribution in [3.63, 3.8) is 0 Å². The number of halogens is 1. The predicted octanol–water partition coefficient (Wildman–Crippen LogP) is 5.37. The molecule has 0 fully saturated rings. The standard InChI is InChI=1S/C25H22FN3O5S/c1-34-24-12-5-15(13-23(24)29(30)31)25-20-4-2-3-19(20)21-14-18(10-11-22(21)27-25)35(32,33)28-17-8-6-16(26)7-9-17/h2-3,5-14,19-20,25,27-28H,4H2,1H3/t19-,20+,25+/m0/s1. The fourth-order valence-electron chi connectivity index (χ4n) is 4.84. The van der Waals surface area contributed by atoms with E-state index in [1.165, 1.54) is 43.5 Å². The van der Waals surface area contributed by atoms with Gasteiger partial charge in [0.2, 0.25) is 0 Å². The molecule has 3 atom stereocenters. The van der Waals surface area contributed by atoms with Crippen LogP contribution in [0.1, 0.15) is 29.5 Å². The Morgan fingerprint density at radius 1 is 1.11 bits per heavy atom. The smallest absolute Gasteiger partial charge is 0.311 e. The third kappa shape index (κ3) is 4.21. The van der Waals surface area contributed by atoms with Gasteiger partial charge in [-0.2, -0.15) is 0 Å². The molecule has 0 bridgehead atoms. The average Bonchev–Trinajstić information content (AvgIpc) is 3.34. The molecular formula is C25H22FN3O5S. The molecule has 1 heterocycles. The van der Waals surface area contributed by atoms with E-state index in [0.717, 1.165) is 23.2 Å². The molecule has 1 aliphatic heterocycles. The van der Waals surface area contributed by atoms with Gasteiger partial charge in [-0.3, -0.25) is 14.8 Å². The van der Waals surface area contributed by atoms with Gasteiger partial charge in [0.25, 0.3) is 10.0 Å². The summed E-state index contributed by atoms with van der Waals surface area (Å²) in [7, 11) is -2.50. The molecule has 35 heavy (non-hydrogen) atoms. The summed E-state index contributed by atoms with van der Waals surface area (Å²) in [6.45, 7) is 0. The lowest BCUT2D eigenvalue weighted by molar-refractivity contribution is -0.385. The van der Waals surface area contributed by atoms with E-state index < -0.39 is 20.8 Å². The van der Waals surface area contributed by atoms with Crippen molar-refractivity contribution in [3.8, 4) is 5.75 Å². The number of hydrogen-bond donors (Lipinski definition) is 2. The van der Waals surface area contributed by atoms with Crippen molar-refractivity contribution in [1.29, 1.82) is 0 Å². The summed E-state index contributed by atoms with van der Waals surface area (Å²) < 4.78 is 46.8. The van der Waals surface area contributed by atoms with Crippen LogP contribution in [0.15, 0.2) is 77.7 Å². The molecule has 2 aliphatic rings. The first-order valence-corrected chi connectivity index (χ1v) is 12.4. The molecule has 0 unspecified atom stereocenters. The van der Waals surface area contributed by atoms with E-state index >= 15 is 0 Å². The van der Waals surface area contributed by atoms with Gasteiger partial charge in [0.15, 0.2) is 5.75 Å². The van der Waals surface area contributed by atoms with Crippen LogP contribution in [-0.4, -0.2) is 20.5 Å². The minimum absolute atomic E-state index is 0.0542. The Morgan fingerprint density at radius 3 is 2.60 bits per heavy atom. The van der Waals surface area contributed by atoms with E-state index in [0.29, 0.717) is 0 Å². The number of fused-ring (bicyclic) bond motifs is 3. The minimum Gasteiger partial charge on any atom is -0.490 e. The number of methoxy groups -OCH3 is 1. The monoisotopic (exact) mass is 495 g/mol. The predicted molar refractivity (Wildman–Crippen MR) is 130 cm³/mol. The molecule has 0 saturated heterocycles. The molecule has 2 N–H and O–H groups in total. The van der Waals surface area contributed by atoms with Crippen molar-refractivity contribution in [2.75, 3.05) is 17.1 Å². The number of ether oxygens (including phenoxy) is 1. The molecule has 0 saturated carbocycles. The Balaban J connectivity index is 1.49. The highest BCUT2D eigenvalue weighted by Crippen LogP contribution is 2.50. The second kappa shape index (κ2) is 8.70. The highest BCUT2D eigenvalue weighted by molar-refractivity contribution is 7.92. The lowest BCUT2D eigenvalue weighted by Crippen LogP contribution is -2.29. The third-order valence-corrected chi connectivity index (χ3v) is 7.88. The Kier molecular flexibility index (Phi) is 5.68. The molecule has 1 aliphatic carbocycles. The summed E-state index contributed by atoms with van der Waals surface area (Å²) in [5.41, 5.74) is 2.53. The first-order valence-electron chi connectivity index (χ1n) is 10.9. The second-order valence-corrected chi connectivity index (χ2v) is 10.2. The minimum atomic E-state index is -3.89. The summed E-state index contributed by atoms with van der Waals surface area (Å²) in [6, 6.07) is 14.7. The number of sulfonamides is 1. The van der Waals surface area contributed by atoms with Crippen LogP contribution in [0.25, 0.3) is 0 Å². The van der Waals surface area contributed by atoms with Gasteiger partial charge < -0.3 is 10.1 Å². The van der Waals surface area contributed by atoms with Gasteiger partial charge in [-0.25, -0.2) is 12.8 Å². The van der Waals surface area contributed by atoms with Gasteiger partial charge in [-0.05, 0) is 72.0 Å². The number of rotatable bonds is 6. The number of nitro benzene ring substituents is 1. The van der Waals surface area contributed by atoms with Gasteiger partial charge in [0, 0.05) is 23.4 Å². The maximum Gasteiger partial charge on any atom is 0.311 e. The Morgan fingerprint density at radius 2 is 1.89 bits per heavy atom. The van der Waals surface area contributed by atoms with Crippen molar-refractivity contribution in [2.24, 2.45) is 5.92 Å². The van der Waals surface area contributed by atoms with Gasteiger partial charge in [0.1, 0.15) is 5.82 Å². The molecular weight excluding hydrogens is 473 g/mol. The molecule has 0 radical (unpaired) electrons. The number of nitrogens with zero attached hydrogens (tertiary/aromatic N) is 1. The van der Waals surface area contributed by atoms with Crippen molar-refractivity contribution < 1.29 is 22.5 Å². The molecule has 10 heteroatoms. The van der Waals surface area contributed by atoms with Crippen LogP contribution < -0.4 is 14.8 Å². The van der Waals surface area contributed by atoms with E-state index in [1.807, 2.05) is 6.07 Å². The fourth-order valence-corrected chi connectivity index (χ4v) is 5.94. The van der Waals surface area contributed by atoms with Crippen LogP contribution >= 0.6 is 0 Å². The number of nitrogens with one attached hydrogen (secondary N) is 2. The summed E-state index contributed by atoms with van der Waals surface area (Å²) in [5, 5.41) is 15.0. The molecule has 3 aromatic carbocycles. The zero-order valence-corrected chi connectivity index (χ0v) is 19.5. The summed E-state index contributed by atoms with van der Waals surface area (Å²) >= 11 is 0. The van der Waals surface area contributed by atoms with Crippen molar-refractivity contribution >= 4 is 27.1 Å².